The molecule has 1 amide bonds. The summed E-state index contributed by atoms with van der Waals surface area (Å²) >= 11 is 0. The lowest BCUT2D eigenvalue weighted by molar-refractivity contribution is -0.286. The third-order valence-electron chi connectivity index (χ3n) is 5.14. The molecule has 1 aromatic carbocycles. The summed E-state index contributed by atoms with van der Waals surface area (Å²) in [6.45, 7) is 0.957. The van der Waals surface area contributed by atoms with Crippen LogP contribution in [0.5, 0.6) is 11.5 Å². The SMILES string of the molecule is C[C@H](c1ccc2c(c1)OC(F)(F)O2)N([O-])CN1C(=O)[C@H](C#Cc2ccncc2)[C@H]1C(=O)O. The number of rotatable bonds is 5. The fraction of sp³-hybridized carbons (Fsp3) is 0.286. The molecule has 9 nitrogen and oxygen atoms in total. The second-order valence-corrected chi connectivity index (χ2v) is 7.18. The number of aromatic nitrogens is 1. The van der Waals surface area contributed by atoms with E-state index in [1.807, 2.05) is 0 Å². The molecule has 1 fully saturated rings. The smallest absolute Gasteiger partial charge is 0.586 e. The molecule has 0 radical (unpaired) electrons. The van der Waals surface area contributed by atoms with E-state index in [-0.39, 0.29) is 11.5 Å². The molecule has 3 heterocycles. The zero-order chi connectivity index (χ0) is 23.0. The van der Waals surface area contributed by atoms with Crippen LogP contribution in [0, 0.1) is 23.0 Å². The maximum Gasteiger partial charge on any atom is 0.586 e. The Hall–Kier alpha value is -3.75. The van der Waals surface area contributed by atoms with Crippen molar-refractivity contribution in [3.05, 3.63) is 59.1 Å². The van der Waals surface area contributed by atoms with Crippen LogP contribution in [0.25, 0.3) is 0 Å². The van der Waals surface area contributed by atoms with Gasteiger partial charge >= 0.3 is 12.3 Å². The van der Waals surface area contributed by atoms with Crippen LogP contribution < -0.4 is 9.47 Å². The lowest BCUT2D eigenvalue weighted by atomic mass is 9.88. The lowest BCUT2D eigenvalue weighted by Crippen LogP contribution is -2.65. The zero-order valence-electron chi connectivity index (χ0n) is 16.6. The largest absolute Gasteiger partial charge is 0.783 e. The lowest BCUT2D eigenvalue weighted by Gasteiger charge is -2.48. The number of amides is 1. The van der Waals surface area contributed by atoms with E-state index < -0.39 is 42.8 Å². The molecule has 0 spiro atoms. The van der Waals surface area contributed by atoms with E-state index in [2.05, 4.69) is 26.3 Å². The fourth-order valence-electron chi connectivity index (χ4n) is 3.38. The zero-order valence-corrected chi connectivity index (χ0v) is 16.6. The van der Waals surface area contributed by atoms with Crippen LogP contribution in [0.2, 0.25) is 0 Å². The number of aliphatic carboxylic acids is 1. The van der Waals surface area contributed by atoms with Crippen molar-refractivity contribution in [3.8, 4) is 23.3 Å². The Morgan fingerprint density at radius 2 is 2.00 bits per heavy atom. The summed E-state index contributed by atoms with van der Waals surface area (Å²) in [4.78, 5) is 28.9. The van der Waals surface area contributed by atoms with Gasteiger partial charge in [-0.3, -0.25) is 9.78 Å². The van der Waals surface area contributed by atoms with Gasteiger partial charge in [0, 0.05) is 24.0 Å². The van der Waals surface area contributed by atoms with Gasteiger partial charge < -0.3 is 29.8 Å². The normalized spacial score (nSPS) is 21.5. The molecule has 1 N–H and O–H groups in total. The van der Waals surface area contributed by atoms with Gasteiger partial charge in [-0.05, 0) is 36.8 Å². The van der Waals surface area contributed by atoms with Gasteiger partial charge in [0.15, 0.2) is 17.5 Å². The van der Waals surface area contributed by atoms with Gasteiger partial charge in [0.05, 0.1) is 6.67 Å². The number of benzene rings is 1. The molecule has 166 valence electrons. The van der Waals surface area contributed by atoms with Crippen LogP contribution in [-0.2, 0) is 9.59 Å². The molecule has 11 heteroatoms. The molecule has 1 saturated heterocycles. The minimum Gasteiger partial charge on any atom is -0.783 e. The number of likely N-dealkylation sites (tertiary alicyclic amines) is 1. The van der Waals surface area contributed by atoms with Crippen molar-refractivity contribution in [1.82, 2.24) is 14.9 Å². The number of hydrogen-bond acceptors (Lipinski definition) is 7. The number of β-lactam (4-membered cyclic amide) rings is 1. The molecule has 4 rings (SSSR count). The van der Waals surface area contributed by atoms with Crippen LogP contribution in [0.1, 0.15) is 24.1 Å². The Balaban J connectivity index is 1.45. The molecule has 1 aromatic heterocycles. The number of pyridine rings is 1. The summed E-state index contributed by atoms with van der Waals surface area (Å²) in [5, 5.41) is 22.6. The van der Waals surface area contributed by atoms with E-state index in [0.29, 0.717) is 16.2 Å². The van der Waals surface area contributed by atoms with Gasteiger partial charge in [-0.2, -0.15) is 0 Å². The minimum absolute atomic E-state index is 0.164. The summed E-state index contributed by atoms with van der Waals surface area (Å²) in [5.74, 6) is 2.04. The number of carboxylic acids is 1. The van der Waals surface area contributed by atoms with Crippen molar-refractivity contribution in [2.75, 3.05) is 6.67 Å². The maximum atomic E-state index is 13.2. The monoisotopic (exact) mass is 444 g/mol. The van der Waals surface area contributed by atoms with Crippen molar-refractivity contribution in [1.29, 1.82) is 0 Å². The third kappa shape index (κ3) is 4.05. The number of halogens is 2. The number of hydrogen-bond donors (Lipinski definition) is 1. The number of fused-ring (bicyclic) bond motifs is 1. The highest BCUT2D eigenvalue weighted by Gasteiger charge is 2.51. The first kappa shape index (κ1) is 21.5. The highest BCUT2D eigenvalue weighted by atomic mass is 19.3. The number of nitrogens with zero attached hydrogens (tertiary/aromatic N) is 3. The van der Waals surface area contributed by atoms with Gasteiger partial charge in [-0.25, -0.2) is 4.79 Å². The van der Waals surface area contributed by atoms with E-state index in [0.717, 1.165) is 4.90 Å². The number of alkyl halides is 2. The van der Waals surface area contributed by atoms with Crippen LogP contribution in [0.15, 0.2) is 42.7 Å². The summed E-state index contributed by atoms with van der Waals surface area (Å²) in [6, 6.07) is 4.96. The van der Waals surface area contributed by atoms with Gasteiger partial charge in [-0.15, -0.1) is 8.78 Å². The first-order valence-electron chi connectivity index (χ1n) is 9.45. The summed E-state index contributed by atoms with van der Waals surface area (Å²) in [6.07, 6.45) is -0.754. The topological polar surface area (TPSA) is 115 Å². The Bertz CT molecular complexity index is 1120. The Kier molecular flexibility index (Phi) is 5.41. The average molecular weight is 444 g/mol. The van der Waals surface area contributed by atoms with Crippen molar-refractivity contribution < 1.29 is 33.0 Å². The Morgan fingerprint density at radius 1 is 1.31 bits per heavy atom. The third-order valence-corrected chi connectivity index (χ3v) is 5.14. The van der Waals surface area contributed by atoms with Crippen LogP contribution >= 0.6 is 0 Å². The van der Waals surface area contributed by atoms with E-state index >= 15 is 0 Å². The highest BCUT2D eigenvalue weighted by molar-refractivity contribution is 5.98. The summed E-state index contributed by atoms with van der Waals surface area (Å²) in [5.41, 5.74) is 0.900. The molecule has 0 saturated carbocycles. The second-order valence-electron chi connectivity index (χ2n) is 7.18. The van der Waals surface area contributed by atoms with Crippen LogP contribution in [0.4, 0.5) is 8.78 Å². The molecule has 0 aliphatic carbocycles. The molecular formula is C21H16F2N3O6-. The van der Waals surface area contributed by atoms with E-state index in [1.54, 1.807) is 12.1 Å². The highest BCUT2D eigenvalue weighted by Crippen LogP contribution is 2.42. The van der Waals surface area contributed by atoms with Gasteiger partial charge in [0.1, 0.15) is 5.92 Å². The first-order chi connectivity index (χ1) is 15.2. The van der Waals surface area contributed by atoms with E-state index in [9.17, 15) is 28.7 Å². The molecule has 2 aliphatic heterocycles. The van der Waals surface area contributed by atoms with Crippen molar-refractivity contribution >= 4 is 11.9 Å². The minimum atomic E-state index is -3.79. The van der Waals surface area contributed by atoms with Crippen molar-refractivity contribution in [3.63, 3.8) is 0 Å². The number of carbonyl (C=O) groups excluding carboxylic acids is 1. The maximum absolute atomic E-state index is 13.2. The summed E-state index contributed by atoms with van der Waals surface area (Å²) in [7, 11) is 0. The standard InChI is InChI=1S/C21H16F2N3O6/c1-12(14-3-5-16-17(10-14)32-21(22,23)31-16)26(30)11-25-18(20(28)29)15(19(25)27)4-2-13-6-8-24-9-7-13/h3,5-10,12,15,18H,11H2,1H3,(H,28,29)/q-1/t12-,15-,18+/m1/s1. The van der Waals surface area contributed by atoms with Crippen molar-refractivity contribution in [2.45, 2.75) is 25.3 Å². The van der Waals surface area contributed by atoms with Gasteiger partial charge in [-0.1, -0.05) is 17.9 Å². The predicted molar refractivity (Wildman–Crippen MR) is 104 cm³/mol. The fourth-order valence-corrected chi connectivity index (χ4v) is 3.38. The quantitative estimate of drug-likeness (QED) is 0.424. The Morgan fingerprint density at radius 3 is 2.69 bits per heavy atom. The molecular weight excluding hydrogens is 428 g/mol. The molecule has 32 heavy (non-hydrogen) atoms. The molecule has 0 bridgehead atoms. The second kappa shape index (κ2) is 8.07. The summed E-state index contributed by atoms with van der Waals surface area (Å²) < 4.78 is 35.1. The first-order valence-corrected chi connectivity index (χ1v) is 9.45. The van der Waals surface area contributed by atoms with Crippen LogP contribution in [-0.4, -0.2) is 50.9 Å². The van der Waals surface area contributed by atoms with Gasteiger partial charge in [0.25, 0.3) is 0 Å². The molecule has 2 aliphatic rings. The molecule has 2 aromatic rings. The predicted octanol–water partition coefficient (Wildman–Crippen LogP) is 2.18. The van der Waals surface area contributed by atoms with E-state index in [1.165, 1.54) is 37.5 Å². The number of carboxylic acid groups (broad SMARTS) is 1. The number of hydroxylamine groups is 2. The van der Waals surface area contributed by atoms with Crippen molar-refractivity contribution in [2.24, 2.45) is 5.92 Å². The average Bonchev–Trinajstić information content (AvgIpc) is 3.07. The molecule has 3 atom stereocenters. The van der Waals surface area contributed by atoms with Gasteiger partial charge in [0.2, 0.25) is 5.91 Å². The Labute approximate surface area is 180 Å². The number of carbonyl (C=O) groups is 2. The van der Waals surface area contributed by atoms with Crippen LogP contribution in [0.3, 0.4) is 0 Å². The van der Waals surface area contributed by atoms with E-state index in [4.69, 9.17) is 0 Å². The molecule has 0 unspecified atom stereocenters. The number of ether oxygens (including phenoxy) is 2.